The van der Waals surface area contributed by atoms with Crippen molar-refractivity contribution in [2.45, 2.75) is 124 Å². The van der Waals surface area contributed by atoms with E-state index < -0.39 is 22.5 Å². The summed E-state index contributed by atoms with van der Waals surface area (Å²) in [5.41, 5.74) is -0.295. The summed E-state index contributed by atoms with van der Waals surface area (Å²) in [5, 5.41) is 31.7. The number of aliphatic hydroxyl groups excluding tert-OH is 3. The van der Waals surface area contributed by atoms with Gasteiger partial charge >= 0.3 is 5.97 Å². The molecule has 5 aliphatic carbocycles. The molecule has 11 atom stereocenters. The summed E-state index contributed by atoms with van der Waals surface area (Å²) in [6.07, 6.45) is 9.30. The summed E-state index contributed by atoms with van der Waals surface area (Å²) in [5.74, 6) is 1.51. The summed E-state index contributed by atoms with van der Waals surface area (Å²) < 4.78 is 6.14. The van der Waals surface area contributed by atoms with Gasteiger partial charge in [0.05, 0.1) is 24.7 Å². The van der Waals surface area contributed by atoms with Gasteiger partial charge in [0, 0.05) is 5.41 Å². The van der Waals surface area contributed by atoms with Crippen LogP contribution in [-0.2, 0) is 9.53 Å². The molecule has 0 saturated heterocycles. The summed E-state index contributed by atoms with van der Waals surface area (Å²) >= 11 is 0. The van der Waals surface area contributed by atoms with Crippen LogP contribution in [0.5, 0.6) is 0 Å². The van der Waals surface area contributed by atoms with Gasteiger partial charge in [-0.25, -0.2) is 0 Å². The topological polar surface area (TPSA) is 87.0 Å². The molecule has 5 heteroatoms. The molecule has 0 spiro atoms. The van der Waals surface area contributed by atoms with Crippen molar-refractivity contribution >= 4 is 5.97 Å². The van der Waals surface area contributed by atoms with E-state index in [4.69, 9.17) is 4.74 Å². The first-order valence-electron chi connectivity index (χ1n) is 15.8. The highest BCUT2D eigenvalue weighted by atomic mass is 16.6. The Bertz CT molecular complexity index is 1000. The van der Waals surface area contributed by atoms with E-state index in [1.54, 1.807) is 0 Å². The van der Waals surface area contributed by atoms with Gasteiger partial charge in [-0.15, -0.1) is 0 Å². The zero-order valence-electron chi connectivity index (χ0n) is 25.8. The van der Waals surface area contributed by atoms with Gasteiger partial charge in [-0.1, -0.05) is 34.3 Å². The number of rotatable bonds is 4. The smallest absolute Gasteiger partial charge is 0.312 e. The maximum atomic E-state index is 14.0. The summed E-state index contributed by atoms with van der Waals surface area (Å²) in [6.45, 7) is 19.9. The Morgan fingerprint density at radius 1 is 0.872 bits per heavy atom. The molecule has 0 amide bonds. The van der Waals surface area contributed by atoms with E-state index >= 15 is 0 Å². The van der Waals surface area contributed by atoms with Gasteiger partial charge in [0.2, 0.25) is 0 Å². The minimum Gasteiger partial charge on any atom is -0.460 e. The fourth-order valence-electron chi connectivity index (χ4n) is 11.9. The SMILES string of the molecule is C=C(CO)[C@@H]1CC[C@]2(C(=O)OC(C)(C)C)CC[C@]3(C)C(CCC4[C@@]5(C)CC[C@H](O)[C@@](C)(CO)C5CC[C@]43C)C12. The third-order valence-electron chi connectivity index (χ3n) is 14.1. The maximum absolute atomic E-state index is 14.0. The van der Waals surface area contributed by atoms with Gasteiger partial charge in [-0.2, -0.15) is 0 Å². The predicted molar refractivity (Wildman–Crippen MR) is 154 cm³/mol. The normalized spacial score (nSPS) is 51.2. The van der Waals surface area contributed by atoms with E-state index in [0.29, 0.717) is 17.8 Å². The summed E-state index contributed by atoms with van der Waals surface area (Å²) in [4.78, 5) is 14.0. The Morgan fingerprint density at radius 2 is 1.56 bits per heavy atom. The van der Waals surface area contributed by atoms with Crippen LogP contribution in [0.3, 0.4) is 0 Å². The fourth-order valence-corrected chi connectivity index (χ4v) is 11.9. The number of ether oxygens (including phenoxy) is 1. The van der Waals surface area contributed by atoms with E-state index in [0.717, 1.165) is 69.8 Å². The second-order valence-corrected chi connectivity index (χ2v) is 16.5. The minimum atomic E-state index is -0.523. The average molecular weight is 545 g/mol. The Labute approximate surface area is 237 Å². The standard InChI is InChI=1S/C34H56O5/c1-21(19-35)22-11-16-34(28(38)39-29(2,3)4)18-17-32(7)23(27(22)34)9-10-25-30(5)14-13-26(37)31(6,20-36)24(30)12-15-33(25,32)8/h22-27,35-37H,1,9-20H2,2-8H3/t22-,23?,24?,25?,26-,27?,30-,31-,32+,33+,34-/m0/s1. The molecule has 222 valence electrons. The van der Waals surface area contributed by atoms with E-state index in [9.17, 15) is 20.1 Å². The zero-order chi connectivity index (χ0) is 28.8. The van der Waals surface area contributed by atoms with Crippen LogP contribution < -0.4 is 0 Å². The lowest BCUT2D eigenvalue weighted by Crippen LogP contribution is -2.67. The number of carbonyl (C=O) groups excluding carboxylic acids is 1. The first kappa shape index (κ1) is 29.6. The molecular formula is C34H56O5. The third kappa shape index (κ3) is 3.91. The first-order valence-corrected chi connectivity index (χ1v) is 15.8. The lowest BCUT2D eigenvalue weighted by Gasteiger charge is -2.72. The van der Waals surface area contributed by atoms with Gasteiger partial charge in [0.25, 0.3) is 0 Å². The molecule has 0 bridgehead atoms. The van der Waals surface area contributed by atoms with Gasteiger partial charge in [0.1, 0.15) is 5.60 Å². The van der Waals surface area contributed by atoms with Crippen LogP contribution in [0.4, 0.5) is 0 Å². The minimum absolute atomic E-state index is 0.0172. The molecule has 5 fully saturated rings. The number of carbonyl (C=O) groups is 1. The molecule has 39 heavy (non-hydrogen) atoms. The third-order valence-corrected chi connectivity index (χ3v) is 14.1. The van der Waals surface area contributed by atoms with Crippen molar-refractivity contribution in [2.24, 2.45) is 56.7 Å². The summed E-state index contributed by atoms with van der Waals surface area (Å²) in [7, 11) is 0. The molecule has 5 nitrogen and oxygen atoms in total. The van der Waals surface area contributed by atoms with Crippen LogP contribution >= 0.6 is 0 Å². The van der Waals surface area contributed by atoms with E-state index in [-0.39, 0.29) is 47.3 Å². The van der Waals surface area contributed by atoms with Crippen LogP contribution in [-0.4, -0.2) is 46.2 Å². The Morgan fingerprint density at radius 3 is 2.18 bits per heavy atom. The number of aliphatic hydroxyl groups is 3. The molecule has 5 rings (SSSR count). The Kier molecular flexibility index (Phi) is 7.05. The van der Waals surface area contributed by atoms with Crippen LogP contribution in [0.25, 0.3) is 0 Å². The second kappa shape index (κ2) is 9.30. The van der Waals surface area contributed by atoms with Crippen molar-refractivity contribution in [1.29, 1.82) is 0 Å². The average Bonchev–Trinajstić information content (AvgIpc) is 3.26. The molecule has 5 saturated carbocycles. The first-order chi connectivity index (χ1) is 18.0. The van der Waals surface area contributed by atoms with E-state index in [2.05, 4.69) is 34.3 Å². The highest BCUT2D eigenvalue weighted by molar-refractivity contribution is 5.78. The molecule has 0 radical (unpaired) electrons. The van der Waals surface area contributed by atoms with Crippen LogP contribution in [0, 0.1) is 56.7 Å². The van der Waals surface area contributed by atoms with Gasteiger partial charge in [-0.05, 0) is 136 Å². The van der Waals surface area contributed by atoms with Crippen LogP contribution in [0.15, 0.2) is 12.2 Å². The molecule has 0 heterocycles. The summed E-state index contributed by atoms with van der Waals surface area (Å²) in [6, 6.07) is 0. The van der Waals surface area contributed by atoms with Gasteiger partial charge in [0.15, 0.2) is 0 Å². The largest absolute Gasteiger partial charge is 0.460 e. The quantitative estimate of drug-likeness (QED) is 0.286. The van der Waals surface area contributed by atoms with Crippen molar-refractivity contribution in [3.8, 4) is 0 Å². The molecule has 4 unspecified atom stereocenters. The molecule has 0 aromatic rings. The van der Waals surface area contributed by atoms with Crippen LogP contribution in [0.2, 0.25) is 0 Å². The Hall–Kier alpha value is -0.910. The lowest BCUT2D eigenvalue weighted by molar-refractivity contribution is -0.255. The fraction of sp³-hybridized carbons (Fsp3) is 0.912. The van der Waals surface area contributed by atoms with E-state index in [1.165, 1.54) is 0 Å². The zero-order valence-corrected chi connectivity index (χ0v) is 25.8. The highest BCUT2D eigenvalue weighted by Crippen LogP contribution is 2.77. The molecule has 0 aromatic carbocycles. The number of esters is 1. The van der Waals surface area contributed by atoms with Crippen molar-refractivity contribution in [2.75, 3.05) is 13.2 Å². The Balaban J connectivity index is 1.55. The number of hydrogen-bond acceptors (Lipinski definition) is 5. The maximum Gasteiger partial charge on any atom is 0.312 e. The molecule has 5 aliphatic rings. The van der Waals surface area contributed by atoms with E-state index in [1.807, 2.05) is 20.8 Å². The number of fused-ring (bicyclic) bond motifs is 7. The second-order valence-electron chi connectivity index (χ2n) is 16.5. The van der Waals surface area contributed by atoms with Gasteiger partial charge in [-0.3, -0.25) is 4.79 Å². The molecule has 0 aromatic heterocycles. The molecule has 3 N–H and O–H groups in total. The van der Waals surface area contributed by atoms with Crippen molar-refractivity contribution in [1.82, 2.24) is 0 Å². The van der Waals surface area contributed by atoms with Crippen molar-refractivity contribution < 1.29 is 24.9 Å². The van der Waals surface area contributed by atoms with Crippen molar-refractivity contribution in [3.63, 3.8) is 0 Å². The molecule has 0 aliphatic heterocycles. The van der Waals surface area contributed by atoms with Crippen molar-refractivity contribution in [3.05, 3.63) is 12.2 Å². The predicted octanol–water partition coefficient (Wildman–Crippen LogP) is 6.29. The highest BCUT2D eigenvalue weighted by Gasteiger charge is 2.72. The molecular weight excluding hydrogens is 488 g/mol. The number of hydrogen-bond donors (Lipinski definition) is 3. The van der Waals surface area contributed by atoms with Crippen LogP contribution in [0.1, 0.15) is 113 Å². The lowest BCUT2D eigenvalue weighted by atomic mass is 9.32. The van der Waals surface area contributed by atoms with Gasteiger partial charge < -0.3 is 20.1 Å². The monoisotopic (exact) mass is 544 g/mol.